The Morgan fingerprint density at radius 3 is 2.86 bits per heavy atom. The van der Waals surface area contributed by atoms with Crippen molar-refractivity contribution >= 4 is 28.6 Å². The Hall–Kier alpha value is -1.90. The van der Waals surface area contributed by atoms with Gasteiger partial charge in [0, 0.05) is 6.20 Å². The van der Waals surface area contributed by atoms with Gasteiger partial charge in [0.15, 0.2) is 0 Å². The summed E-state index contributed by atoms with van der Waals surface area (Å²) in [5, 5.41) is 9.06. The predicted octanol–water partition coefficient (Wildman–Crippen LogP) is 1.93. The second kappa shape index (κ2) is 6.70. The first kappa shape index (κ1) is 15.5. The van der Waals surface area contributed by atoms with E-state index in [9.17, 15) is 9.59 Å². The molecule has 2 rings (SSSR count). The van der Waals surface area contributed by atoms with Gasteiger partial charge in [0.2, 0.25) is 0 Å². The Balaban J connectivity index is 2.11. The molecule has 6 nitrogen and oxygen atoms in total. The lowest BCUT2D eigenvalue weighted by Crippen LogP contribution is -2.28. The molecule has 0 unspecified atom stereocenters. The SMILES string of the molecule is Cc1ncc(I)c(=O)n1CCOc1ccccc1C(=O)O. The maximum absolute atomic E-state index is 12.0. The van der Waals surface area contributed by atoms with E-state index in [1.54, 1.807) is 25.1 Å². The number of carboxylic acid groups (broad SMARTS) is 1. The van der Waals surface area contributed by atoms with Crippen LogP contribution in [-0.2, 0) is 6.54 Å². The fourth-order valence-electron chi connectivity index (χ4n) is 1.83. The lowest BCUT2D eigenvalue weighted by Gasteiger charge is -2.12. The summed E-state index contributed by atoms with van der Waals surface area (Å²) in [6.45, 7) is 2.23. The number of hydrogen-bond donors (Lipinski definition) is 1. The quantitative estimate of drug-likeness (QED) is 0.776. The molecule has 0 aliphatic heterocycles. The van der Waals surface area contributed by atoms with Crippen molar-refractivity contribution in [2.75, 3.05) is 6.61 Å². The monoisotopic (exact) mass is 400 g/mol. The first-order valence-electron chi connectivity index (χ1n) is 6.17. The van der Waals surface area contributed by atoms with E-state index in [0.717, 1.165) is 0 Å². The average molecular weight is 400 g/mol. The molecule has 0 radical (unpaired) electrons. The van der Waals surface area contributed by atoms with E-state index in [4.69, 9.17) is 9.84 Å². The number of rotatable bonds is 5. The van der Waals surface area contributed by atoms with Crippen molar-refractivity contribution in [1.29, 1.82) is 0 Å². The highest BCUT2D eigenvalue weighted by molar-refractivity contribution is 14.1. The van der Waals surface area contributed by atoms with Crippen LogP contribution in [0.15, 0.2) is 35.3 Å². The molecule has 0 bridgehead atoms. The molecule has 21 heavy (non-hydrogen) atoms. The molecule has 0 atom stereocenters. The molecule has 0 spiro atoms. The maximum atomic E-state index is 12.0. The van der Waals surface area contributed by atoms with Gasteiger partial charge >= 0.3 is 5.97 Å². The van der Waals surface area contributed by atoms with E-state index in [1.165, 1.54) is 16.8 Å². The third kappa shape index (κ3) is 3.60. The molecule has 0 aliphatic rings. The number of halogens is 1. The zero-order valence-corrected chi connectivity index (χ0v) is 13.4. The van der Waals surface area contributed by atoms with E-state index < -0.39 is 5.97 Å². The van der Waals surface area contributed by atoms with Crippen molar-refractivity contribution in [1.82, 2.24) is 9.55 Å². The van der Waals surface area contributed by atoms with Gasteiger partial charge in [-0.1, -0.05) is 12.1 Å². The van der Waals surface area contributed by atoms with Gasteiger partial charge in [-0.15, -0.1) is 0 Å². The molecular weight excluding hydrogens is 387 g/mol. The van der Waals surface area contributed by atoms with Gasteiger partial charge in [-0.2, -0.15) is 0 Å². The van der Waals surface area contributed by atoms with Crippen LogP contribution in [0.4, 0.5) is 0 Å². The Bertz CT molecular complexity index is 727. The summed E-state index contributed by atoms with van der Waals surface area (Å²) in [6.07, 6.45) is 1.52. The highest BCUT2D eigenvalue weighted by Crippen LogP contribution is 2.17. The number of benzene rings is 1. The smallest absolute Gasteiger partial charge is 0.339 e. The van der Waals surface area contributed by atoms with Gasteiger partial charge in [0.25, 0.3) is 5.56 Å². The summed E-state index contributed by atoms with van der Waals surface area (Å²) in [6, 6.07) is 6.40. The largest absolute Gasteiger partial charge is 0.491 e. The number of aryl methyl sites for hydroxylation is 1. The summed E-state index contributed by atoms with van der Waals surface area (Å²) in [4.78, 5) is 27.2. The fraction of sp³-hybridized carbons (Fsp3) is 0.214. The van der Waals surface area contributed by atoms with Crippen LogP contribution in [0.3, 0.4) is 0 Å². The van der Waals surface area contributed by atoms with E-state index in [1.807, 2.05) is 22.6 Å². The Morgan fingerprint density at radius 2 is 2.14 bits per heavy atom. The molecule has 0 aliphatic carbocycles. The third-order valence-electron chi connectivity index (χ3n) is 2.89. The number of nitrogens with zero attached hydrogens (tertiary/aromatic N) is 2. The van der Waals surface area contributed by atoms with Crippen molar-refractivity contribution in [3.63, 3.8) is 0 Å². The average Bonchev–Trinajstić information content (AvgIpc) is 2.47. The number of ether oxygens (including phenoxy) is 1. The molecule has 0 saturated heterocycles. The van der Waals surface area contributed by atoms with Crippen molar-refractivity contribution in [2.45, 2.75) is 13.5 Å². The number of aromatic nitrogens is 2. The summed E-state index contributed by atoms with van der Waals surface area (Å²) in [5.41, 5.74) is -0.0273. The van der Waals surface area contributed by atoms with Crippen LogP contribution in [0.2, 0.25) is 0 Å². The second-order valence-electron chi connectivity index (χ2n) is 4.26. The van der Waals surface area contributed by atoms with Crippen LogP contribution in [0.25, 0.3) is 0 Å². The molecule has 1 N–H and O–H groups in total. The highest BCUT2D eigenvalue weighted by atomic mass is 127. The van der Waals surface area contributed by atoms with Crippen molar-refractivity contribution in [3.05, 3.63) is 55.8 Å². The van der Waals surface area contributed by atoms with Gasteiger partial charge < -0.3 is 9.84 Å². The molecule has 110 valence electrons. The number of aromatic carboxylic acids is 1. The maximum Gasteiger partial charge on any atom is 0.339 e. The first-order chi connectivity index (χ1) is 10.0. The molecule has 7 heteroatoms. The number of para-hydroxylation sites is 1. The van der Waals surface area contributed by atoms with Crippen LogP contribution < -0.4 is 10.3 Å². The number of hydrogen-bond acceptors (Lipinski definition) is 4. The molecule has 0 fully saturated rings. The third-order valence-corrected chi connectivity index (χ3v) is 3.63. The summed E-state index contributed by atoms with van der Waals surface area (Å²) in [7, 11) is 0. The molecule has 1 aromatic carbocycles. The fourth-order valence-corrected chi connectivity index (χ4v) is 2.26. The van der Waals surface area contributed by atoms with Gasteiger partial charge in [0.1, 0.15) is 23.7 Å². The van der Waals surface area contributed by atoms with Gasteiger partial charge in [0.05, 0.1) is 10.1 Å². The van der Waals surface area contributed by atoms with E-state index in [-0.39, 0.29) is 23.5 Å². The Kier molecular flexibility index (Phi) is 4.94. The van der Waals surface area contributed by atoms with Crippen molar-refractivity contribution in [2.24, 2.45) is 0 Å². The van der Waals surface area contributed by atoms with Gasteiger partial charge in [-0.3, -0.25) is 9.36 Å². The molecule has 1 heterocycles. The lowest BCUT2D eigenvalue weighted by molar-refractivity contribution is 0.0692. The number of carbonyl (C=O) groups is 1. The Morgan fingerprint density at radius 1 is 1.43 bits per heavy atom. The summed E-state index contributed by atoms with van der Waals surface area (Å²) in [5.74, 6) is -0.167. The van der Waals surface area contributed by atoms with E-state index in [0.29, 0.717) is 15.9 Å². The molecular formula is C14H13IN2O4. The van der Waals surface area contributed by atoms with Gasteiger partial charge in [-0.05, 0) is 41.6 Å². The van der Waals surface area contributed by atoms with E-state index >= 15 is 0 Å². The zero-order valence-electron chi connectivity index (χ0n) is 11.2. The van der Waals surface area contributed by atoms with E-state index in [2.05, 4.69) is 4.98 Å². The van der Waals surface area contributed by atoms with Crippen LogP contribution in [-0.4, -0.2) is 27.2 Å². The molecule has 0 saturated carbocycles. The normalized spacial score (nSPS) is 10.4. The topological polar surface area (TPSA) is 81.4 Å². The highest BCUT2D eigenvalue weighted by Gasteiger charge is 2.10. The molecule has 1 aromatic heterocycles. The predicted molar refractivity (Wildman–Crippen MR) is 84.8 cm³/mol. The standard InChI is InChI=1S/C14H13IN2O4/c1-9-16-8-11(15)13(18)17(9)6-7-21-12-5-3-2-4-10(12)14(19)20/h2-5,8H,6-7H2,1H3,(H,19,20). The minimum Gasteiger partial charge on any atom is -0.491 e. The zero-order chi connectivity index (χ0) is 15.4. The molecule has 2 aromatic rings. The minimum atomic E-state index is -1.05. The van der Waals surface area contributed by atoms with Crippen LogP contribution >= 0.6 is 22.6 Å². The molecule has 0 amide bonds. The van der Waals surface area contributed by atoms with Gasteiger partial charge in [-0.25, -0.2) is 9.78 Å². The van der Waals surface area contributed by atoms with Crippen LogP contribution in [0, 0.1) is 10.5 Å². The van der Waals surface area contributed by atoms with Crippen molar-refractivity contribution < 1.29 is 14.6 Å². The van der Waals surface area contributed by atoms with Crippen molar-refractivity contribution in [3.8, 4) is 5.75 Å². The second-order valence-corrected chi connectivity index (χ2v) is 5.42. The summed E-state index contributed by atoms with van der Waals surface area (Å²) < 4.78 is 7.52. The van der Waals surface area contributed by atoms with Crippen LogP contribution in [0.5, 0.6) is 5.75 Å². The lowest BCUT2D eigenvalue weighted by atomic mass is 10.2. The summed E-state index contributed by atoms with van der Waals surface area (Å²) >= 11 is 1.93. The Labute approximate surface area is 134 Å². The first-order valence-corrected chi connectivity index (χ1v) is 7.25. The van der Waals surface area contributed by atoms with Crippen LogP contribution in [0.1, 0.15) is 16.2 Å². The number of carboxylic acids is 1. The minimum absolute atomic E-state index is 0.0994.